The van der Waals surface area contributed by atoms with E-state index in [1.54, 1.807) is 0 Å². The second-order valence-corrected chi connectivity index (χ2v) is 6.01. The number of nitrogens with one attached hydrogen (secondary N) is 1. The molecule has 1 heterocycles. The zero-order valence-electron chi connectivity index (χ0n) is 12.1. The van der Waals surface area contributed by atoms with Crippen LogP contribution in [0.1, 0.15) is 45.0 Å². The van der Waals surface area contributed by atoms with Gasteiger partial charge in [0.2, 0.25) is 0 Å². The Kier molecular flexibility index (Phi) is 6.94. The monoisotopic (exact) mass is 315 g/mol. The van der Waals surface area contributed by atoms with Gasteiger partial charge in [-0.1, -0.05) is 13.8 Å². The molecule has 0 atom stereocenters. The maximum absolute atomic E-state index is 4.52. The normalized spacial score (nSPS) is 11.4. The quantitative estimate of drug-likeness (QED) is 0.744. The second kappa shape index (κ2) is 7.95. The third-order valence-electron chi connectivity index (χ3n) is 3.02. The Balaban J connectivity index is 2.31. The third-order valence-corrected chi connectivity index (χ3v) is 4.05. The predicted octanol–water partition coefficient (Wildman–Crippen LogP) is 3.54. The Labute approximate surface area is 119 Å². The van der Waals surface area contributed by atoms with Gasteiger partial charge in [-0.3, -0.25) is 4.68 Å². The molecular formula is C14H26BrN3. The van der Waals surface area contributed by atoms with Crippen LogP contribution in [0.3, 0.4) is 0 Å². The maximum Gasteiger partial charge on any atom is 0.0738 e. The summed E-state index contributed by atoms with van der Waals surface area (Å²) in [5, 5.41) is 8.01. The van der Waals surface area contributed by atoms with Gasteiger partial charge in [-0.2, -0.15) is 5.10 Å². The first kappa shape index (κ1) is 15.7. The molecule has 18 heavy (non-hydrogen) atoms. The largest absolute Gasteiger partial charge is 0.316 e. The van der Waals surface area contributed by atoms with Crippen LogP contribution in [0.2, 0.25) is 0 Å². The molecule has 0 radical (unpaired) electrons. The number of hydrogen-bond acceptors (Lipinski definition) is 2. The van der Waals surface area contributed by atoms with Gasteiger partial charge in [-0.25, -0.2) is 0 Å². The molecule has 1 N–H and O–H groups in total. The van der Waals surface area contributed by atoms with Crippen molar-refractivity contribution < 1.29 is 0 Å². The molecule has 0 fully saturated rings. The zero-order chi connectivity index (χ0) is 13.5. The van der Waals surface area contributed by atoms with Gasteiger partial charge in [-0.05, 0) is 68.0 Å². The number of unbranched alkanes of at least 4 members (excludes halogenated alkanes) is 1. The minimum Gasteiger partial charge on any atom is -0.316 e. The van der Waals surface area contributed by atoms with E-state index < -0.39 is 0 Å². The van der Waals surface area contributed by atoms with Crippen molar-refractivity contribution in [3.8, 4) is 0 Å². The van der Waals surface area contributed by atoms with Crippen LogP contribution in [-0.4, -0.2) is 22.9 Å². The van der Waals surface area contributed by atoms with Crippen molar-refractivity contribution in [2.45, 2.75) is 53.5 Å². The summed E-state index contributed by atoms with van der Waals surface area (Å²) in [6, 6.07) is 0. The zero-order valence-corrected chi connectivity index (χ0v) is 13.7. The predicted molar refractivity (Wildman–Crippen MR) is 81.0 cm³/mol. The van der Waals surface area contributed by atoms with Crippen molar-refractivity contribution in [3.05, 3.63) is 15.9 Å². The van der Waals surface area contributed by atoms with E-state index in [1.165, 1.54) is 23.0 Å². The van der Waals surface area contributed by atoms with Crippen molar-refractivity contribution in [3.63, 3.8) is 0 Å². The van der Waals surface area contributed by atoms with E-state index in [4.69, 9.17) is 0 Å². The molecule has 0 aromatic carbocycles. The summed E-state index contributed by atoms with van der Waals surface area (Å²) in [6.45, 7) is 11.9. The van der Waals surface area contributed by atoms with Crippen molar-refractivity contribution in [1.29, 1.82) is 0 Å². The molecule has 0 saturated heterocycles. The Bertz CT molecular complexity index is 358. The highest BCUT2D eigenvalue weighted by Crippen LogP contribution is 2.22. The van der Waals surface area contributed by atoms with Gasteiger partial charge in [0.05, 0.1) is 15.9 Å². The lowest BCUT2D eigenvalue weighted by Crippen LogP contribution is -2.20. The van der Waals surface area contributed by atoms with E-state index >= 15 is 0 Å². The first-order valence-electron chi connectivity index (χ1n) is 6.98. The lowest BCUT2D eigenvalue weighted by atomic mass is 10.1. The summed E-state index contributed by atoms with van der Waals surface area (Å²) in [4.78, 5) is 0. The molecule has 1 rings (SSSR count). The fourth-order valence-corrected chi connectivity index (χ4v) is 2.52. The molecule has 104 valence electrons. The standard InChI is InChI=1S/C14H26BrN3/c1-5-18-13(14(15)12(4)17-18)8-6-7-9-16-10-11(2)3/h11,16H,5-10H2,1-4H3. The van der Waals surface area contributed by atoms with Crippen LogP contribution >= 0.6 is 15.9 Å². The highest BCUT2D eigenvalue weighted by molar-refractivity contribution is 9.10. The van der Waals surface area contributed by atoms with Crippen molar-refractivity contribution in [1.82, 2.24) is 15.1 Å². The van der Waals surface area contributed by atoms with E-state index in [9.17, 15) is 0 Å². The molecule has 1 aromatic heterocycles. The summed E-state index contributed by atoms with van der Waals surface area (Å²) in [7, 11) is 0. The third kappa shape index (κ3) is 4.73. The lowest BCUT2D eigenvalue weighted by Gasteiger charge is -2.08. The highest BCUT2D eigenvalue weighted by Gasteiger charge is 2.11. The summed E-state index contributed by atoms with van der Waals surface area (Å²) in [5.74, 6) is 0.739. The average Bonchev–Trinajstić information content (AvgIpc) is 2.60. The van der Waals surface area contributed by atoms with Crippen molar-refractivity contribution in [2.75, 3.05) is 13.1 Å². The Hall–Kier alpha value is -0.350. The molecule has 1 aromatic rings. The van der Waals surface area contributed by atoms with Gasteiger partial charge in [-0.15, -0.1) is 0 Å². The van der Waals surface area contributed by atoms with E-state index in [0.29, 0.717) is 0 Å². The van der Waals surface area contributed by atoms with Gasteiger partial charge in [0, 0.05) is 6.54 Å². The minimum atomic E-state index is 0.739. The van der Waals surface area contributed by atoms with Crippen molar-refractivity contribution >= 4 is 15.9 Å². The van der Waals surface area contributed by atoms with Crippen LogP contribution in [-0.2, 0) is 13.0 Å². The molecule has 0 bridgehead atoms. The number of halogens is 1. The van der Waals surface area contributed by atoms with Crippen LogP contribution in [0, 0.1) is 12.8 Å². The van der Waals surface area contributed by atoms with Gasteiger partial charge < -0.3 is 5.32 Å². The number of aromatic nitrogens is 2. The van der Waals surface area contributed by atoms with Crippen molar-refractivity contribution in [2.24, 2.45) is 5.92 Å². The van der Waals surface area contributed by atoms with Gasteiger partial charge in [0.25, 0.3) is 0 Å². The summed E-state index contributed by atoms with van der Waals surface area (Å²) in [5.41, 5.74) is 2.45. The molecule has 0 amide bonds. The van der Waals surface area contributed by atoms with E-state index in [-0.39, 0.29) is 0 Å². The number of nitrogens with zero attached hydrogens (tertiary/aromatic N) is 2. The summed E-state index contributed by atoms with van der Waals surface area (Å²) in [6.07, 6.45) is 3.56. The van der Waals surface area contributed by atoms with E-state index in [0.717, 1.165) is 37.7 Å². The molecule has 0 spiro atoms. The van der Waals surface area contributed by atoms with Crippen LogP contribution < -0.4 is 5.32 Å². The first-order chi connectivity index (χ1) is 8.56. The lowest BCUT2D eigenvalue weighted by molar-refractivity contribution is 0.529. The topological polar surface area (TPSA) is 29.9 Å². The molecule has 0 unspecified atom stereocenters. The van der Waals surface area contributed by atoms with Crippen LogP contribution in [0.4, 0.5) is 0 Å². The fourth-order valence-electron chi connectivity index (χ4n) is 2.04. The Morgan fingerprint density at radius 2 is 2.06 bits per heavy atom. The molecule has 0 aliphatic carbocycles. The van der Waals surface area contributed by atoms with Crippen LogP contribution in [0.15, 0.2) is 4.47 Å². The van der Waals surface area contributed by atoms with Crippen LogP contribution in [0.5, 0.6) is 0 Å². The molecular weight excluding hydrogens is 290 g/mol. The second-order valence-electron chi connectivity index (χ2n) is 5.22. The first-order valence-corrected chi connectivity index (χ1v) is 7.78. The summed E-state index contributed by atoms with van der Waals surface area (Å²) < 4.78 is 3.31. The highest BCUT2D eigenvalue weighted by atomic mass is 79.9. The minimum absolute atomic E-state index is 0.739. The molecule has 0 aliphatic rings. The summed E-state index contributed by atoms with van der Waals surface area (Å²) >= 11 is 3.64. The maximum atomic E-state index is 4.52. The smallest absolute Gasteiger partial charge is 0.0738 e. The Morgan fingerprint density at radius 3 is 2.67 bits per heavy atom. The van der Waals surface area contributed by atoms with Crippen LogP contribution in [0.25, 0.3) is 0 Å². The van der Waals surface area contributed by atoms with Gasteiger partial charge in [0.15, 0.2) is 0 Å². The SMILES string of the molecule is CCn1nc(C)c(Br)c1CCCCNCC(C)C. The fraction of sp³-hybridized carbons (Fsp3) is 0.786. The van der Waals surface area contributed by atoms with E-state index in [1.807, 2.05) is 0 Å². The molecule has 0 aliphatic heterocycles. The van der Waals surface area contributed by atoms with Gasteiger partial charge >= 0.3 is 0 Å². The molecule has 4 heteroatoms. The number of rotatable bonds is 8. The Morgan fingerprint density at radius 1 is 1.33 bits per heavy atom. The average molecular weight is 316 g/mol. The van der Waals surface area contributed by atoms with Gasteiger partial charge in [0.1, 0.15) is 0 Å². The molecule has 0 saturated carbocycles. The molecule has 3 nitrogen and oxygen atoms in total. The number of hydrogen-bond donors (Lipinski definition) is 1. The van der Waals surface area contributed by atoms with E-state index in [2.05, 4.69) is 58.7 Å². The number of aryl methyl sites for hydroxylation is 2.